The minimum absolute atomic E-state index is 0.392. The third kappa shape index (κ3) is 3.23. The molecule has 1 heterocycles. The molecule has 0 aromatic rings. The molecule has 1 aliphatic carbocycles. The Kier molecular flexibility index (Phi) is 4.60. The summed E-state index contributed by atoms with van der Waals surface area (Å²) in [6.07, 6.45) is 9.34. The van der Waals surface area contributed by atoms with Gasteiger partial charge in [0, 0.05) is 5.03 Å². The van der Waals surface area contributed by atoms with Crippen LogP contribution >= 0.6 is 11.6 Å². The lowest BCUT2D eigenvalue weighted by Gasteiger charge is -2.24. The summed E-state index contributed by atoms with van der Waals surface area (Å²) < 4.78 is 32.7. The molecule has 2 N–H and O–H groups in total. The highest BCUT2D eigenvalue weighted by molar-refractivity contribution is 7.77. The van der Waals surface area contributed by atoms with Crippen LogP contribution in [0.25, 0.3) is 0 Å². The molecule has 0 amide bonds. The Labute approximate surface area is 112 Å². The van der Waals surface area contributed by atoms with Gasteiger partial charge in [-0.1, -0.05) is 17.7 Å². The van der Waals surface area contributed by atoms with E-state index in [1.165, 1.54) is 18.8 Å². The van der Waals surface area contributed by atoms with Crippen molar-refractivity contribution in [3.63, 3.8) is 0 Å². The summed E-state index contributed by atoms with van der Waals surface area (Å²) in [4.78, 5) is 0. The fourth-order valence-electron chi connectivity index (χ4n) is 1.74. The van der Waals surface area contributed by atoms with Crippen LogP contribution in [0.15, 0.2) is 47.3 Å². The summed E-state index contributed by atoms with van der Waals surface area (Å²) in [5.41, 5.74) is 0.798. The molecule has 2 atom stereocenters. The molecule has 0 aromatic carbocycles. The Balaban J connectivity index is 2.27. The molecule has 2 aliphatic rings. The fraction of sp³-hybridized carbons (Fsp3) is 0.273. The molecule has 7 heteroatoms. The Bertz CT molecular complexity index is 470. The first kappa shape index (κ1) is 13.4. The normalized spacial score (nSPS) is 22.0. The minimum atomic E-state index is -2.18. The van der Waals surface area contributed by atoms with Crippen LogP contribution in [-0.2, 0) is 20.7 Å². The van der Waals surface area contributed by atoms with Gasteiger partial charge in [-0.3, -0.25) is 4.55 Å². The van der Waals surface area contributed by atoms with Crippen molar-refractivity contribution < 1.29 is 18.2 Å². The average molecular weight is 290 g/mol. The Morgan fingerprint density at radius 2 is 2.33 bits per heavy atom. The van der Waals surface area contributed by atoms with Gasteiger partial charge in [0.05, 0.1) is 0 Å². The third-order valence-electron chi connectivity index (χ3n) is 2.53. The molecule has 98 valence electrons. The number of ether oxygens (including phenoxy) is 2. The predicted molar refractivity (Wildman–Crippen MR) is 68.3 cm³/mol. The molecule has 0 bridgehead atoms. The Hall–Kier alpha value is -1.08. The van der Waals surface area contributed by atoms with Crippen molar-refractivity contribution >= 4 is 22.9 Å². The lowest BCUT2D eigenvalue weighted by atomic mass is 9.97. The lowest BCUT2D eigenvalue weighted by Crippen LogP contribution is -2.35. The van der Waals surface area contributed by atoms with Gasteiger partial charge in [0.1, 0.15) is 24.8 Å². The summed E-state index contributed by atoms with van der Waals surface area (Å²) in [5, 5.41) is 0.545. The summed E-state index contributed by atoms with van der Waals surface area (Å²) in [6.45, 7) is 0. The standard InChI is InChI=1S/C11H12ClNO4S/c12-9-4-2-1-3-8(9)11(13-18(14)15)10-7-16-5-6-17-10/h2,4-7,11,13H,1,3H2,(H,14,15). The lowest BCUT2D eigenvalue weighted by molar-refractivity contribution is 0.238. The first-order valence-electron chi connectivity index (χ1n) is 5.28. The van der Waals surface area contributed by atoms with Crippen LogP contribution in [0, 0.1) is 0 Å². The van der Waals surface area contributed by atoms with Gasteiger partial charge in [-0.2, -0.15) is 4.72 Å². The van der Waals surface area contributed by atoms with Crippen molar-refractivity contribution in [3.8, 4) is 0 Å². The zero-order valence-electron chi connectivity index (χ0n) is 9.34. The van der Waals surface area contributed by atoms with Gasteiger partial charge in [-0.05, 0) is 24.5 Å². The number of nitrogens with one attached hydrogen (secondary N) is 1. The van der Waals surface area contributed by atoms with Gasteiger partial charge in [-0.25, -0.2) is 4.21 Å². The van der Waals surface area contributed by atoms with Gasteiger partial charge in [0.2, 0.25) is 11.3 Å². The van der Waals surface area contributed by atoms with Gasteiger partial charge >= 0.3 is 0 Å². The first-order valence-corrected chi connectivity index (χ1v) is 6.76. The topological polar surface area (TPSA) is 67.8 Å². The summed E-state index contributed by atoms with van der Waals surface area (Å²) in [6, 6.07) is -0.585. The second kappa shape index (κ2) is 6.19. The van der Waals surface area contributed by atoms with E-state index in [1.807, 2.05) is 6.08 Å². The molecule has 0 saturated carbocycles. The predicted octanol–water partition coefficient (Wildman–Crippen LogP) is 2.28. The van der Waals surface area contributed by atoms with Crippen LogP contribution in [0.1, 0.15) is 12.8 Å². The van der Waals surface area contributed by atoms with Crippen LogP contribution < -0.4 is 4.72 Å². The van der Waals surface area contributed by atoms with Crippen molar-refractivity contribution in [1.29, 1.82) is 0 Å². The number of allylic oxidation sites excluding steroid dienone is 3. The smallest absolute Gasteiger partial charge is 0.232 e. The van der Waals surface area contributed by atoms with Crippen molar-refractivity contribution in [3.05, 3.63) is 47.3 Å². The molecule has 0 fully saturated rings. The Morgan fingerprint density at radius 1 is 1.50 bits per heavy atom. The molecule has 5 nitrogen and oxygen atoms in total. The maximum atomic E-state index is 11.0. The van der Waals surface area contributed by atoms with E-state index in [2.05, 4.69) is 4.72 Å². The molecule has 0 saturated heterocycles. The molecule has 2 rings (SSSR count). The van der Waals surface area contributed by atoms with E-state index >= 15 is 0 Å². The number of hydrogen-bond acceptors (Lipinski definition) is 3. The summed E-state index contributed by atoms with van der Waals surface area (Å²) in [7, 11) is 0. The number of hydrogen-bond donors (Lipinski definition) is 2. The molecule has 0 spiro atoms. The van der Waals surface area contributed by atoms with Gasteiger partial charge < -0.3 is 9.47 Å². The zero-order chi connectivity index (χ0) is 13.0. The molecule has 0 radical (unpaired) electrons. The molecule has 1 aliphatic heterocycles. The van der Waals surface area contributed by atoms with E-state index in [1.54, 1.807) is 6.08 Å². The van der Waals surface area contributed by atoms with Gasteiger partial charge in [0.25, 0.3) is 0 Å². The first-order chi connectivity index (χ1) is 8.68. The van der Waals surface area contributed by atoms with E-state index in [9.17, 15) is 4.21 Å². The molecular weight excluding hydrogens is 278 g/mol. The van der Waals surface area contributed by atoms with E-state index in [4.69, 9.17) is 25.6 Å². The highest BCUT2D eigenvalue weighted by atomic mass is 35.5. The van der Waals surface area contributed by atoms with Gasteiger partial charge in [-0.15, -0.1) is 0 Å². The van der Waals surface area contributed by atoms with Crippen molar-refractivity contribution in [2.75, 3.05) is 0 Å². The SMILES string of the molecule is O=S(O)NC(C1=COC=CO1)C1=C(Cl)C=CCC1. The molecular formula is C11H12ClNO4S. The van der Waals surface area contributed by atoms with Gasteiger partial charge in [0.15, 0.2) is 5.76 Å². The van der Waals surface area contributed by atoms with Crippen LogP contribution in [0.3, 0.4) is 0 Å². The van der Waals surface area contributed by atoms with Crippen molar-refractivity contribution in [2.24, 2.45) is 0 Å². The van der Waals surface area contributed by atoms with Crippen LogP contribution in [0.2, 0.25) is 0 Å². The monoisotopic (exact) mass is 289 g/mol. The van der Waals surface area contributed by atoms with Crippen LogP contribution in [-0.4, -0.2) is 14.8 Å². The second-order valence-electron chi connectivity index (χ2n) is 3.66. The maximum absolute atomic E-state index is 11.0. The zero-order valence-corrected chi connectivity index (χ0v) is 10.9. The average Bonchev–Trinajstić information content (AvgIpc) is 2.38. The Morgan fingerprint density at radius 3 is 2.94 bits per heavy atom. The minimum Gasteiger partial charge on any atom is -0.466 e. The number of halogens is 1. The maximum Gasteiger partial charge on any atom is 0.232 e. The number of rotatable bonds is 4. The van der Waals surface area contributed by atoms with E-state index in [0.29, 0.717) is 17.2 Å². The third-order valence-corrected chi connectivity index (χ3v) is 3.33. The summed E-state index contributed by atoms with van der Waals surface area (Å²) in [5.74, 6) is 0.392. The van der Waals surface area contributed by atoms with E-state index in [0.717, 1.165) is 12.0 Å². The van der Waals surface area contributed by atoms with E-state index < -0.39 is 17.3 Å². The highest BCUT2D eigenvalue weighted by Gasteiger charge is 2.26. The second-order valence-corrected chi connectivity index (χ2v) is 4.80. The van der Waals surface area contributed by atoms with Crippen LogP contribution in [0.4, 0.5) is 0 Å². The van der Waals surface area contributed by atoms with Crippen molar-refractivity contribution in [2.45, 2.75) is 18.9 Å². The highest BCUT2D eigenvalue weighted by Crippen LogP contribution is 2.29. The molecule has 18 heavy (non-hydrogen) atoms. The molecule has 2 unspecified atom stereocenters. The fourth-order valence-corrected chi connectivity index (χ4v) is 2.50. The van der Waals surface area contributed by atoms with Crippen molar-refractivity contribution in [1.82, 2.24) is 4.72 Å². The van der Waals surface area contributed by atoms with Crippen LogP contribution in [0.5, 0.6) is 0 Å². The quantitative estimate of drug-likeness (QED) is 0.779. The summed E-state index contributed by atoms with van der Waals surface area (Å²) >= 11 is 3.93. The largest absolute Gasteiger partial charge is 0.466 e. The molecule has 0 aromatic heterocycles. The van der Waals surface area contributed by atoms with E-state index in [-0.39, 0.29) is 0 Å².